The lowest BCUT2D eigenvalue weighted by atomic mass is 10.1. The molecule has 0 amide bonds. The van der Waals surface area contributed by atoms with Crippen LogP contribution in [0.2, 0.25) is 0 Å². The number of methoxy groups -OCH3 is 1. The topological polar surface area (TPSA) is 21.3 Å². The number of ether oxygens (including phenoxy) is 1. The molecule has 0 heterocycles. The molecule has 0 fully saturated rings. The molecule has 6 heteroatoms. The zero-order valence-electron chi connectivity index (χ0n) is 11.4. The normalized spacial score (nSPS) is 12.1. The first-order valence-corrected chi connectivity index (χ1v) is 7.75. The Morgan fingerprint density at radius 2 is 1.71 bits per heavy atom. The lowest BCUT2D eigenvalue weighted by Crippen LogP contribution is -2.10. The maximum absolute atomic E-state index is 13.8. The third kappa shape index (κ3) is 3.74. The van der Waals surface area contributed by atoms with Crippen molar-refractivity contribution in [3.8, 4) is 5.75 Å². The van der Waals surface area contributed by atoms with Crippen LogP contribution in [-0.4, -0.2) is 7.11 Å². The second kappa shape index (κ2) is 6.75. The summed E-state index contributed by atoms with van der Waals surface area (Å²) >= 11 is 6.45. The van der Waals surface area contributed by atoms with E-state index in [9.17, 15) is 8.78 Å². The Bertz CT molecular complexity index is 641. The van der Waals surface area contributed by atoms with Crippen molar-refractivity contribution in [3.63, 3.8) is 0 Å². The second-order valence-electron chi connectivity index (χ2n) is 4.50. The van der Waals surface area contributed by atoms with Crippen LogP contribution in [-0.2, 0) is 0 Å². The van der Waals surface area contributed by atoms with Gasteiger partial charge in [0.05, 0.1) is 11.6 Å². The molecular weight excluding hydrogens is 408 g/mol. The van der Waals surface area contributed by atoms with Crippen LogP contribution in [0.3, 0.4) is 0 Å². The molecule has 0 aliphatic carbocycles. The summed E-state index contributed by atoms with van der Waals surface area (Å²) in [5.74, 6) is -0.574. The van der Waals surface area contributed by atoms with E-state index in [0.29, 0.717) is 10.2 Å². The van der Waals surface area contributed by atoms with Crippen molar-refractivity contribution in [2.45, 2.75) is 13.0 Å². The fourth-order valence-electron chi connectivity index (χ4n) is 1.93. The lowest BCUT2D eigenvalue weighted by Gasteiger charge is -2.18. The molecule has 2 aromatic carbocycles. The minimum atomic E-state index is -0.638. The summed E-state index contributed by atoms with van der Waals surface area (Å²) < 4.78 is 34.0. The first kappa shape index (κ1) is 16.2. The quantitative estimate of drug-likeness (QED) is 0.687. The molecule has 0 saturated carbocycles. The predicted molar refractivity (Wildman–Crippen MR) is 86.8 cm³/mol. The summed E-state index contributed by atoms with van der Waals surface area (Å²) in [5.41, 5.74) is 0.738. The average Bonchev–Trinajstić information content (AvgIpc) is 2.42. The molecule has 0 saturated heterocycles. The molecule has 1 N–H and O–H groups in total. The molecule has 112 valence electrons. The Morgan fingerprint density at radius 3 is 2.24 bits per heavy atom. The van der Waals surface area contributed by atoms with Gasteiger partial charge in [-0.25, -0.2) is 8.78 Å². The van der Waals surface area contributed by atoms with Crippen LogP contribution in [0.25, 0.3) is 0 Å². The van der Waals surface area contributed by atoms with Crippen molar-refractivity contribution in [1.82, 2.24) is 0 Å². The zero-order valence-corrected chi connectivity index (χ0v) is 14.6. The summed E-state index contributed by atoms with van der Waals surface area (Å²) in [6, 6.07) is 7.68. The van der Waals surface area contributed by atoms with Crippen LogP contribution in [0.1, 0.15) is 18.5 Å². The van der Waals surface area contributed by atoms with Crippen LogP contribution < -0.4 is 10.1 Å². The molecule has 0 aromatic heterocycles. The summed E-state index contributed by atoms with van der Waals surface area (Å²) in [5, 5.41) is 2.85. The van der Waals surface area contributed by atoms with E-state index >= 15 is 0 Å². The van der Waals surface area contributed by atoms with E-state index in [4.69, 9.17) is 4.74 Å². The average molecular weight is 421 g/mol. The molecular formula is C15H13Br2F2NO. The number of hydrogen-bond acceptors (Lipinski definition) is 2. The molecule has 0 aliphatic rings. The molecule has 21 heavy (non-hydrogen) atoms. The number of rotatable bonds is 4. The number of anilines is 1. The van der Waals surface area contributed by atoms with Gasteiger partial charge in [-0.15, -0.1) is 0 Å². The summed E-state index contributed by atoms with van der Waals surface area (Å²) in [6.07, 6.45) is 0. The Balaban J connectivity index is 2.26. The molecule has 2 rings (SSSR count). The first-order valence-electron chi connectivity index (χ1n) is 6.17. The van der Waals surface area contributed by atoms with Gasteiger partial charge in [0.25, 0.3) is 0 Å². The molecule has 2 nitrogen and oxygen atoms in total. The monoisotopic (exact) mass is 419 g/mol. The molecule has 0 spiro atoms. The van der Waals surface area contributed by atoms with Crippen LogP contribution in [0.15, 0.2) is 39.3 Å². The summed E-state index contributed by atoms with van der Waals surface area (Å²) in [7, 11) is 1.58. The van der Waals surface area contributed by atoms with Crippen molar-refractivity contribution in [2.24, 2.45) is 0 Å². The highest BCUT2D eigenvalue weighted by atomic mass is 79.9. The van der Waals surface area contributed by atoms with Crippen molar-refractivity contribution < 1.29 is 13.5 Å². The highest BCUT2D eigenvalue weighted by Gasteiger charge is 2.15. The second-order valence-corrected chi connectivity index (χ2v) is 6.27. The van der Waals surface area contributed by atoms with Crippen molar-refractivity contribution in [3.05, 3.63) is 56.5 Å². The van der Waals surface area contributed by atoms with Crippen LogP contribution in [0, 0.1) is 11.6 Å². The Morgan fingerprint density at radius 1 is 1.10 bits per heavy atom. The predicted octanol–water partition coefficient (Wildman–Crippen LogP) is 5.67. The Kier molecular flexibility index (Phi) is 5.22. The Labute approximate surface area is 138 Å². The van der Waals surface area contributed by atoms with Crippen molar-refractivity contribution in [2.75, 3.05) is 12.4 Å². The largest absolute Gasteiger partial charge is 0.496 e. The van der Waals surface area contributed by atoms with E-state index < -0.39 is 11.6 Å². The fourth-order valence-corrected chi connectivity index (χ4v) is 2.89. The van der Waals surface area contributed by atoms with Crippen molar-refractivity contribution in [1.29, 1.82) is 0 Å². The van der Waals surface area contributed by atoms with Gasteiger partial charge in [0, 0.05) is 10.5 Å². The fraction of sp³-hybridized carbons (Fsp3) is 0.200. The minimum absolute atomic E-state index is 0.141. The maximum Gasteiger partial charge on any atom is 0.150 e. The zero-order chi connectivity index (χ0) is 15.6. The molecule has 0 radical (unpaired) electrons. The Hall–Kier alpha value is -1.14. The number of benzene rings is 2. The van der Waals surface area contributed by atoms with Crippen LogP contribution in [0.5, 0.6) is 5.75 Å². The third-order valence-corrected chi connectivity index (χ3v) is 4.12. The smallest absolute Gasteiger partial charge is 0.150 e. The molecule has 1 unspecified atom stereocenters. The first-order chi connectivity index (χ1) is 9.92. The van der Waals surface area contributed by atoms with E-state index in [0.717, 1.165) is 10.0 Å². The highest BCUT2D eigenvalue weighted by molar-refractivity contribution is 9.10. The van der Waals surface area contributed by atoms with E-state index in [1.54, 1.807) is 13.2 Å². The van der Waals surface area contributed by atoms with Gasteiger partial charge in [-0.2, -0.15) is 0 Å². The standard InChI is InChI=1S/C15H13Br2F2NO/c1-8(9-3-4-14(21-2)11(17)5-9)20-15-12(18)6-10(16)7-13(15)19/h3-8,20H,1-2H3. The van der Waals surface area contributed by atoms with Crippen molar-refractivity contribution >= 4 is 37.5 Å². The van der Waals surface area contributed by atoms with E-state index in [2.05, 4.69) is 37.2 Å². The van der Waals surface area contributed by atoms with Crippen LogP contribution >= 0.6 is 31.9 Å². The number of halogens is 4. The SMILES string of the molecule is COc1ccc(C(C)Nc2c(F)cc(Br)cc2F)cc1Br. The number of nitrogens with one attached hydrogen (secondary N) is 1. The van der Waals surface area contributed by atoms with Gasteiger partial charge in [0.15, 0.2) is 0 Å². The molecule has 2 aromatic rings. The van der Waals surface area contributed by atoms with Gasteiger partial charge in [-0.05, 0) is 52.7 Å². The van der Waals surface area contributed by atoms with Gasteiger partial charge in [0.2, 0.25) is 0 Å². The van der Waals surface area contributed by atoms with Gasteiger partial charge in [0.1, 0.15) is 23.1 Å². The summed E-state index contributed by atoms with van der Waals surface area (Å²) in [6.45, 7) is 1.83. The lowest BCUT2D eigenvalue weighted by molar-refractivity contribution is 0.412. The maximum atomic E-state index is 13.8. The third-order valence-electron chi connectivity index (χ3n) is 3.04. The van der Waals surface area contributed by atoms with Gasteiger partial charge < -0.3 is 10.1 Å². The van der Waals surface area contributed by atoms with E-state index in [-0.39, 0.29) is 11.7 Å². The van der Waals surface area contributed by atoms with Gasteiger partial charge in [-0.3, -0.25) is 0 Å². The van der Waals surface area contributed by atoms with Gasteiger partial charge in [-0.1, -0.05) is 22.0 Å². The highest BCUT2D eigenvalue weighted by Crippen LogP contribution is 2.31. The number of hydrogen-bond donors (Lipinski definition) is 1. The molecule has 0 aliphatic heterocycles. The van der Waals surface area contributed by atoms with Crippen LogP contribution in [0.4, 0.5) is 14.5 Å². The summed E-state index contributed by atoms with van der Waals surface area (Å²) in [4.78, 5) is 0. The van der Waals surface area contributed by atoms with Gasteiger partial charge >= 0.3 is 0 Å². The van der Waals surface area contributed by atoms with E-state index in [1.165, 1.54) is 12.1 Å². The molecule has 1 atom stereocenters. The molecule has 0 bridgehead atoms. The minimum Gasteiger partial charge on any atom is -0.496 e. The van der Waals surface area contributed by atoms with E-state index in [1.807, 2.05) is 19.1 Å².